The van der Waals surface area contributed by atoms with Crippen LogP contribution in [0.5, 0.6) is 0 Å². The van der Waals surface area contributed by atoms with Crippen molar-refractivity contribution >= 4 is 11.9 Å². The molecular weight excluding hydrogens is 785 g/mol. The van der Waals surface area contributed by atoms with E-state index in [4.69, 9.17) is 18.9 Å². The lowest BCUT2D eigenvalue weighted by Gasteiger charge is -2.39. The summed E-state index contributed by atoms with van der Waals surface area (Å²) in [5, 5.41) is 40.2. The predicted octanol–water partition coefficient (Wildman–Crippen LogP) is 11.8. The highest BCUT2D eigenvalue weighted by Gasteiger charge is 2.44. The number of hydrogen-bond donors (Lipinski definition) is 4. The van der Waals surface area contributed by atoms with Crippen LogP contribution in [0.25, 0.3) is 0 Å². The standard InChI is InChI=1S/C52H94O10/c1-3-5-7-9-11-13-15-17-19-20-21-22-23-24-25-26-27-29-31-33-35-37-39-41-48(55)61-45(44-60-52-51(58)50(57)49(56)46(42-53)62-52)43-59-47(54)40-38-36-34-32-30-28-18-16-14-12-10-8-6-4-2/h10,12,16,18,33,35,45-46,49-53,56-58H,3-9,11,13-15,17,19-32,34,36-44H2,1-2H3/b12-10+,18-16+,35-33+/t45-,46-,49+,50?,51?,52-/m1/s1. The van der Waals surface area contributed by atoms with E-state index in [1.807, 2.05) is 0 Å². The van der Waals surface area contributed by atoms with Crippen LogP contribution in [-0.4, -0.2) is 89.0 Å². The minimum Gasteiger partial charge on any atom is -0.462 e. The predicted molar refractivity (Wildman–Crippen MR) is 252 cm³/mol. The Morgan fingerprint density at radius 3 is 1.45 bits per heavy atom. The molecule has 62 heavy (non-hydrogen) atoms. The van der Waals surface area contributed by atoms with Gasteiger partial charge in [-0.1, -0.05) is 192 Å². The molecule has 10 nitrogen and oxygen atoms in total. The summed E-state index contributed by atoms with van der Waals surface area (Å²) in [7, 11) is 0. The molecule has 0 amide bonds. The van der Waals surface area contributed by atoms with Gasteiger partial charge in [0.05, 0.1) is 13.2 Å². The van der Waals surface area contributed by atoms with E-state index >= 15 is 0 Å². The van der Waals surface area contributed by atoms with Gasteiger partial charge in [0.2, 0.25) is 0 Å². The minimum atomic E-state index is -1.60. The molecule has 1 aliphatic rings. The number of unbranched alkanes of at least 4 members (excludes halogenated alkanes) is 26. The van der Waals surface area contributed by atoms with Crippen molar-refractivity contribution in [2.75, 3.05) is 19.8 Å². The van der Waals surface area contributed by atoms with Gasteiger partial charge >= 0.3 is 11.9 Å². The average Bonchev–Trinajstić information content (AvgIpc) is 3.27. The first-order valence-electron chi connectivity index (χ1n) is 25.6. The summed E-state index contributed by atoms with van der Waals surface area (Å²) in [6, 6.07) is 0. The number of ether oxygens (including phenoxy) is 4. The first kappa shape index (κ1) is 57.9. The second-order valence-electron chi connectivity index (χ2n) is 17.6. The SMILES string of the molecule is CCCC/C=C/C/C=C/CCCCCCCC(=O)OC[C@H](CO[C@@H]1O[C@H](CO)[C@H](O)C(O)C1O)OC(=O)CCC/C=C/CCCCCCCCCCCCCCCCCCCC. The van der Waals surface area contributed by atoms with E-state index in [2.05, 4.69) is 50.3 Å². The highest BCUT2D eigenvalue weighted by Crippen LogP contribution is 2.23. The maximum atomic E-state index is 12.8. The fourth-order valence-corrected chi connectivity index (χ4v) is 7.68. The molecule has 1 saturated heterocycles. The fourth-order valence-electron chi connectivity index (χ4n) is 7.68. The lowest BCUT2D eigenvalue weighted by atomic mass is 9.99. The molecule has 1 aliphatic heterocycles. The Hall–Kier alpha value is -2.08. The van der Waals surface area contributed by atoms with Crippen LogP contribution >= 0.6 is 0 Å². The third-order valence-corrected chi connectivity index (χ3v) is 11.7. The van der Waals surface area contributed by atoms with Crippen molar-refractivity contribution < 1.29 is 49.0 Å². The molecule has 0 aromatic rings. The maximum absolute atomic E-state index is 12.8. The van der Waals surface area contributed by atoms with E-state index in [9.17, 15) is 30.0 Å². The second kappa shape index (κ2) is 42.8. The van der Waals surface area contributed by atoms with Crippen molar-refractivity contribution in [1.82, 2.24) is 0 Å². The van der Waals surface area contributed by atoms with E-state index < -0.39 is 55.4 Å². The van der Waals surface area contributed by atoms with Gasteiger partial charge < -0.3 is 39.4 Å². The van der Waals surface area contributed by atoms with Crippen LogP contribution in [0.3, 0.4) is 0 Å². The third kappa shape index (κ3) is 33.4. The maximum Gasteiger partial charge on any atom is 0.306 e. The normalized spacial score (nSPS) is 19.9. The first-order chi connectivity index (χ1) is 30.3. The Morgan fingerprint density at radius 1 is 0.500 bits per heavy atom. The quantitative estimate of drug-likeness (QED) is 0.0265. The second-order valence-corrected chi connectivity index (χ2v) is 17.6. The molecule has 1 heterocycles. The van der Waals surface area contributed by atoms with E-state index in [0.29, 0.717) is 12.8 Å². The Kier molecular flexibility index (Phi) is 40.0. The Bertz CT molecular complexity index is 1110. The molecule has 1 rings (SSSR count). The highest BCUT2D eigenvalue weighted by atomic mass is 16.7. The molecule has 1 fully saturated rings. The van der Waals surface area contributed by atoms with Crippen LogP contribution in [0.4, 0.5) is 0 Å². The number of esters is 2. The first-order valence-corrected chi connectivity index (χ1v) is 25.6. The number of carbonyl (C=O) groups is 2. The number of allylic oxidation sites excluding steroid dienone is 6. The van der Waals surface area contributed by atoms with E-state index in [0.717, 1.165) is 57.8 Å². The molecule has 0 bridgehead atoms. The zero-order chi connectivity index (χ0) is 45.1. The van der Waals surface area contributed by atoms with Crippen LogP contribution in [0, 0.1) is 0 Å². The largest absolute Gasteiger partial charge is 0.462 e. The molecule has 4 N–H and O–H groups in total. The van der Waals surface area contributed by atoms with Crippen molar-refractivity contribution in [2.24, 2.45) is 0 Å². The average molecular weight is 879 g/mol. The van der Waals surface area contributed by atoms with Crippen molar-refractivity contribution in [1.29, 1.82) is 0 Å². The van der Waals surface area contributed by atoms with Crippen molar-refractivity contribution in [3.05, 3.63) is 36.5 Å². The van der Waals surface area contributed by atoms with Gasteiger partial charge in [0, 0.05) is 12.8 Å². The lowest BCUT2D eigenvalue weighted by Crippen LogP contribution is -2.59. The number of aliphatic hydroxyl groups is 4. The van der Waals surface area contributed by atoms with Crippen LogP contribution in [0.1, 0.15) is 226 Å². The molecule has 0 aromatic carbocycles. The van der Waals surface area contributed by atoms with Crippen molar-refractivity contribution in [2.45, 2.75) is 263 Å². The van der Waals surface area contributed by atoms with Gasteiger partial charge in [-0.25, -0.2) is 0 Å². The van der Waals surface area contributed by atoms with E-state index in [1.165, 1.54) is 128 Å². The summed E-state index contributed by atoms with van der Waals surface area (Å²) < 4.78 is 22.2. The summed E-state index contributed by atoms with van der Waals surface area (Å²) >= 11 is 0. The minimum absolute atomic E-state index is 0.180. The van der Waals surface area contributed by atoms with Gasteiger partial charge in [-0.2, -0.15) is 0 Å². The van der Waals surface area contributed by atoms with Gasteiger partial charge in [-0.05, 0) is 57.8 Å². The zero-order valence-electron chi connectivity index (χ0n) is 39.6. The lowest BCUT2D eigenvalue weighted by molar-refractivity contribution is -0.305. The highest BCUT2D eigenvalue weighted by molar-refractivity contribution is 5.70. The van der Waals surface area contributed by atoms with Gasteiger partial charge in [0.1, 0.15) is 31.0 Å². The summed E-state index contributed by atoms with van der Waals surface area (Å²) in [5.41, 5.74) is 0. The van der Waals surface area contributed by atoms with Gasteiger partial charge in [-0.3, -0.25) is 9.59 Å². The Balaban J connectivity index is 2.26. The molecule has 0 aromatic heterocycles. The number of hydrogen-bond acceptors (Lipinski definition) is 10. The van der Waals surface area contributed by atoms with Crippen molar-refractivity contribution in [3.8, 4) is 0 Å². The van der Waals surface area contributed by atoms with Crippen molar-refractivity contribution in [3.63, 3.8) is 0 Å². The van der Waals surface area contributed by atoms with Gasteiger partial charge in [0.25, 0.3) is 0 Å². The zero-order valence-corrected chi connectivity index (χ0v) is 39.6. The topological polar surface area (TPSA) is 152 Å². The number of aliphatic hydroxyl groups excluding tert-OH is 4. The number of carbonyl (C=O) groups excluding carboxylic acids is 2. The monoisotopic (exact) mass is 879 g/mol. The summed E-state index contributed by atoms with van der Waals surface area (Å²) in [6.07, 6.45) is 43.1. The van der Waals surface area contributed by atoms with Crippen LogP contribution in [0.2, 0.25) is 0 Å². The van der Waals surface area contributed by atoms with E-state index in [1.54, 1.807) is 0 Å². The van der Waals surface area contributed by atoms with Crippen LogP contribution in [-0.2, 0) is 28.5 Å². The molecule has 362 valence electrons. The summed E-state index contributed by atoms with van der Waals surface area (Å²) in [5.74, 6) is -0.854. The molecule has 0 saturated carbocycles. The van der Waals surface area contributed by atoms with Crippen LogP contribution < -0.4 is 0 Å². The fraction of sp³-hybridized carbons (Fsp3) is 0.846. The molecule has 6 atom stereocenters. The van der Waals surface area contributed by atoms with Gasteiger partial charge in [0.15, 0.2) is 12.4 Å². The molecule has 0 spiro atoms. The van der Waals surface area contributed by atoms with Crippen LogP contribution in [0.15, 0.2) is 36.5 Å². The third-order valence-electron chi connectivity index (χ3n) is 11.7. The van der Waals surface area contributed by atoms with E-state index in [-0.39, 0.29) is 26.1 Å². The molecule has 10 heteroatoms. The smallest absolute Gasteiger partial charge is 0.306 e. The summed E-state index contributed by atoms with van der Waals surface area (Å²) in [4.78, 5) is 25.4. The molecule has 0 radical (unpaired) electrons. The molecular formula is C52H94O10. The Labute approximate surface area is 378 Å². The number of rotatable bonds is 43. The summed E-state index contributed by atoms with van der Waals surface area (Å²) in [6.45, 7) is 3.37. The molecule has 0 aliphatic carbocycles. The Morgan fingerprint density at radius 2 is 0.935 bits per heavy atom. The van der Waals surface area contributed by atoms with Gasteiger partial charge in [-0.15, -0.1) is 0 Å². The molecule has 2 unspecified atom stereocenters.